The van der Waals surface area contributed by atoms with Crippen LogP contribution < -0.4 is 15.4 Å². The van der Waals surface area contributed by atoms with Gasteiger partial charge in [0.15, 0.2) is 0 Å². The molecule has 0 unspecified atom stereocenters. The number of nitriles is 1. The van der Waals surface area contributed by atoms with E-state index in [9.17, 15) is 14.4 Å². The number of aromatic nitrogens is 2. The number of anilines is 1. The topological polar surface area (TPSA) is 108 Å². The second-order valence-electron chi connectivity index (χ2n) is 7.27. The number of ether oxygens (including phenoxy) is 1. The van der Waals surface area contributed by atoms with Crippen molar-refractivity contribution in [3.05, 3.63) is 88.2 Å². The highest BCUT2D eigenvalue weighted by Crippen LogP contribution is 2.55. The Morgan fingerprint density at radius 2 is 2.00 bits per heavy atom. The van der Waals surface area contributed by atoms with E-state index >= 15 is 0 Å². The fourth-order valence-corrected chi connectivity index (χ4v) is 4.39. The minimum Gasteiger partial charge on any atom is -0.420 e. The number of benzene rings is 2. The van der Waals surface area contributed by atoms with Gasteiger partial charge in [-0.25, -0.2) is 4.39 Å². The molecular formula is C22H16FN5O2. The zero-order valence-electron chi connectivity index (χ0n) is 15.9. The lowest BCUT2D eigenvalue weighted by Crippen LogP contribution is -2.45. The molecule has 0 saturated carbocycles. The maximum atomic E-state index is 14.1. The van der Waals surface area contributed by atoms with Crippen molar-refractivity contribution in [3.8, 4) is 11.9 Å². The number of fused-ring (bicyclic) bond motifs is 4. The Balaban J connectivity index is 1.77. The van der Waals surface area contributed by atoms with Crippen molar-refractivity contribution in [3.63, 3.8) is 0 Å². The first-order valence-corrected chi connectivity index (χ1v) is 9.28. The van der Waals surface area contributed by atoms with Crippen LogP contribution in [0.2, 0.25) is 0 Å². The number of para-hydroxylation sites is 1. The molecule has 1 aromatic heterocycles. The van der Waals surface area contributed by atoms with Crippen molar-refractivity contribution in [1.29, 1.82) is 5.26 Å². The van der Waals surface area contributed by atoms with E-state index in [0.29, 0.717) is 22.5 Å². The van der Waals surface area contributed by atoms with Gasteiger partial charge in [-0.2, -0.15) is 5.26 Å². The lowest BCUT2D eigenvalue weighted by molar-refractivity contribution is -0.121. The number of nitrogens with one attached hydrogen (secondary N) is 1. The lowest BCUT2D eigenvalue weighted by atomic mass is 9.69. The van der Waals surface area contributed by atoms with Gasteiger partial charge in [0.1, 0.15) is 22.9 Å². The maximum Gasteiger partial charge on any atom is 0.248 e. The average molecular weight is 401 g/mol. The Bertz CT molecular complexity index is 1270. The van der Waals surface area contributed by atoms with Gasteiger partial charge in [-0.3, -0.25) is 9.89 Å². The third kappa shape index (κ3) is 2.17. The van der Waals surface area contributed by atoms with Crippen LogP contribution in [0, 0.1) is 24.1 Å². The maximum absolute atomic E-state index is 14.1. The Morgan fingerprint density at radius 1 is 1.27 bits per heavy atom. The highest BCUT2D eigenvalue weighted by atomic mass is 19.1. The van der Waals surface area contributed by atoms with E-state index in [1.54, 1.807) is 24.0 Å². The van der Waals surface area contributed by atoms with Gasteiger partial charge in [-0.05, 0) is 30.7 Å². The molecule has 0 aliphatic carbocycles. The SMILES string of the molecule is Cc1[nH]nc2c1[C@]1(C(=O)N(Cc3ccc(F)cc3)c3ccccc31)C(C#N)=C(N)O2. The number of carbonyl (C=O) groups is 1. The minimum absolute atomic E-state index is 0.0264. The molecule has 2 aliphatic heterocycles. The molecule has 0 bridgehead atoms. The molecule has 3 N–H and O–H groups in total. The zero-order valence-corrected chi connectivity index (χ0v) is 15.9. The van der Waals surface area contributed by atoms with Crippen molar-refractivity contribution in [1.82, 2.24) is 10.2 Å². The molecule has 148 valence electrons. The summed E-state index contributed by atoms with van der Waals surface area (Å²) in [6.07, 6.45) is 0. The summed E-state index contributed by atoms with van der Waals surface area (Å²) in [6.45, 7) is 1.98. The average Bonchev–Trinajstić information content (AvgIpc) is 3.22. The molecule has 3 heterocycles. The van der Waals surface area contributed by atoms with Crippen LogP contribution in [0.1, 0.15) is 22.4 Å². The summed E-state index contributed by atoms with van der Waals surface area (Å²) >= 11 is 0. The van der Waals surface area contributed by atoms with Crippen LogP contribution in [0.15, 0.2) is 60.0 Å². The van der Waals surface area contributed by atoms with E-state index in [1.165, 1.54) is 12.1 Å². The molecule has 2 aromatic carbocycles. The van der Waals surface area contributed by atoms with Gasteiger partial charge >= 0.3 is 0 Å². The standard InChI is InChI=1S/C22H16FN5O2/c1-12-18-20(27-26-12)30-19(25)16(10-24)22(18)15-4-2-3-5-17(15)28(21(22)29)11-13-6-8-14(23)9-7-13/h2-9H,11,25H2,1H3,(H,26,27)/t22-/m1/s1. The largest absolute Gasteiger partial charge is 0.420 e. The van der Waals surface area contributed by atoms with Crippen LogP contribution >= 0.6 is 0 Å². The lowest BCUT2D eigenvalue weighted by Gasteiger charge is -2.32. The molecule has 2 aliphatic rings. The number of hydrogen-bond acceptors (Lipinski definition) is 5. The van der Waals surface area contributed by atoms with Crippen LogP contribution in [-0.4, -0.2) is 16.1 Å². The number of carbonyl (C=O) groups excluding carboxylic acids is 1. The Morgan fingerprint density at radius 3 is 2.73 bits per heavy atom. The van der Waals surface area contributed by atoms with Gasteiger partial charge < -0.3 is 15.4 Å². The molecule has 5 rings (SSSR count). The van der Waals surface area contributed by atoms with Crippen LogP contribution in [0.3, 0.4) is 0 Å². The first kappa shape index (κ1) is 17.9. The number of aromatic amines is 1. The summed E-state index contributed by atoms with van der Waals surface area (Å²) < 4.78 is 18.9. The predicted molar refractivity (Wildman–Crippen MR) is 106 cm³/mol. The summed E-state index contributed by atoms with van der Waals surface area (Å²) in [4.78, 5) is 15.6. The summed E-state index contributed by atoms with van der Waals surface area (Å²) in [7, 11) is 0. The molecule has 1 atom stereocenters. The molecule has 0 saturated heterocycles. The third-order valence-corrected chi connectivity index (χ3v) is 5.65. The van der Waals surface area contributed by atoms with E-state index in [0.717, 1.165) is 5.56 Å². The monoisotopic (exact) mass is 401 g/mol. The first-order valence-electron chi connectivity index (χ1n) is 9.28. The van der Waals surface area contributed by atoms with Crippen LogP contribution in [0.25, 0.3) is 0 Å². The fraction of sp³-hybridized carbons (Fsp3) is 0.136. The van der Waals surface area contributed by atoms with Crippen molar-refractivity contribution < 1.29 is 13.9 Å². The molecule has 8 heteroatoms. The van der Waals surface area contributed by atoms with Gasteiger partial charge in [0.05, 0.1) is 12.1 Å². The normalized spacial score (nSPS) is 19.5. The summed E-state index contributed by atoms with van der Waals surface area (Å²) in [5, 5.41) is 17.0. The van der Waals surface area contributed by atoms with Crippen molar-refractivity contribution in [2.24, 2.45) is 5.73 Å². The molecule has 1 spiro atoms. The molecule has 30 heavy (non-hydrogen) atoms. The van der Waals surface area contributed by atoms with Gasteiger partial charge in [0.2, 0.25) is 17.7 Å². The van der Waals surface area contributed by atoms with Gasteiger partial charge in [0.25, 0.3) is 0 Å². The van der Waals surface area contributed by atoms with Gasteiger partial charge in [0, 0.05) is 16.9 Å². The number of amides is 1. The fourth-order valence-electron chi connectivity index (χ4n) is 4.39. The quantitative estimate of drug-likeness (QED) is 0.687. The van der Waals surface area contributed by atoms with Crippen molar-refractivity contribution in [2.45, 2.75) is 18.9 Å². The highest BCUT2D eigenvalue weighted by molar-refractivity contribution is 6.14. The number of halogens is 1. The number of nitrogens with zero attached hydrogens (tertiary/aromatic N) is 3. The second-order valence-corrected chi connectivity index (χ2v) is 7.27. The van der Waals surface area contributed by atoms with E-state index in [1.807, 2.05) is 24.3 Å². The molecule has 0 fully saturated rings. The Kier molecular flexibility index (Phi) is 3.70. The number of aryl methyl sites for hydroxylation is 1. The number of nitrogens with two attached hydrogens (primary N) is 1. The zero-order chi connectivity index (χ0) is 21.0. The number of rotatable bonds is 2. The second kappa shape index (κ2) is 6.19. The van der Waals surface area contributed by atoms with Crippen LogP contribution in [-0.2, 0) is 16.8 Å². The number of hydrogen-bond donors (Lipinski definition) is 2. The summed E-state index contributed by atoms with van der Waals surface area (Å²) in [5.41, 5.74) is 7.76. The Labute approximate surface area is 171 Å². The minimum atomic E-state index is -1.46. The van der Waals surface area contributed by atoms with Crippen molar-refractivity contribution >= 4 is 11.6 Å². The highest BCUT2D eigenvalue weighted by Gasteiger charge is 2.60. The van der Waals surface area contributed by atoms with E-state index in [-0.39, 0.29) is 35.6 Å². The molecule has 3 aromatic rings. The third-order valence-electron chi connectivity index (χ3n) is 5.65. The van der Waals surface area contributed by atoms with E-state index in [2.05, 4.69) is 16.3 Å². The molecule has 7 nitrogen and oxygen atoms in total. The molecule has 0 radical (unpaired) electrons. The van der Waals surface area contributed by atoms with Crippen LogP contribution in [0.4, 0.5) is 10.1 Å². The predicted octanol–water partition coefficient (Wildman–Crippen LogP) is 2.78. The molecular weight excluding hydrogens is 385 g/mol. The Hall–Kier alpha value is -4.12. The first-order chi connectivity index (χ1) is 14.5. The van der Waals surface area contributed by atoms with E-state index in [4.69, 9.17) is 10.5 Å². The number of H-pyrrole nitrogens is 1. The van der Waals surface area contributed by atoms with Crippen molar-refractivity contribution in [2.75, 3.05) is 4.90 Å². The van der Waals surface area contributed by atoms with Gasteiger partial charge in [-0.15, -0.1) is 5.10 Å². The summed E-state index contributed by atoms with van der Waals surface area (Å²) in [6, 6.07) is 15.3. The van der Waals surface area contributed by atoms with Gasteiger partial charge in [-0.1, -0.05) is 30.3 Å². The van der Waals surface area contributed by atoms with E-state index < -0.39 is 5.41 Å². The summed E-state index contributed by atoms with van der Waals surface area (Å²) in [5.74, 6) is -0.658. The molecule has 1 amide bonds. The van der Waals surface area contributed by atoms with Crippen LogP contribution in [0.5, 0.6) is 5.88 Å². The smallest absolute Gasteiger partial charge is 0.248 e.